The largest absolute Gasteiger partial charge is 0.362 e. The second-order valence-corrected chi connectivity index (χ2v) is 4.75. The van der Waals surface area contributed by atoms with E-state index in [1.807, 2.05) is 6.07 Å². The van der Waals surface area contributed by atoms with Crippen molar-refractivity contribution >= 4 is 12.9 Å². The van der Waals surface area contributed by atoms with E-state index in [0.717, 1.165) is 0 Å². The van der Waals surface area contributed by atoms with Gasteiger partial charge in [-0.3, -0.25) is 4.57 Å². The first-order chi connectivity index (χ1) is 6.64. The molecule has 0 bridgehead atoms. The summed E-state index contributed by atoms with van der Waals surface area (Å²) >= 11 is 0. The minimum absolute atomic E-state index is 0.122. The van der Waals surface area contributed by atoms with E-state index in [0.29, 0.717) is 5.56 Å². The lowest BCUT2D eigenvalue weighted by atomic mass is 10.2. The zero-order valence-corrected chi connectivity index (χ0v) is 8.95. The predicted octanol–water partition coefficient (Wildman–Crippen LogP) is 2.82. The summed E-state index contributed by atoms with van der Waals surface area (Å²) in [5, 5.41) is -0.122. The lowest BCUT2D eigenvalue weighted by molar-refractivity contribution is 0.288. The van der Waals surface area contributed by atoms with E-state index >= 15 is 0 Å². The van der Waals surface area contributed by atoms with Gasteiger partial charge in [-0.1, -0.05) is 30.3 Å². The molecule has 0 amide bonds. The van der Waals surface area contributed by atoms with Crippen LogP contribution in [0.25, 0.3) is 5.31 Å². The van der Waals surface area contributed by atoms with Gasteiger partial charge in [-0.05, 0) is 5.56 Å². The van der Waals surface area contributed by atoms with Crippen molar-refractivity contribution in [1.29, 1.82) is 0 Å². The van der Waals surface area contributed by atoms with Gasteiger partial charge in [-0.25, -0.2) is 0 Å². The van der Waals surface area contributed by atoms with Crippen molar-refractivity contribution in [1.82, 2.24) is 0 Å². The molecule has 1 aromatic carbocycles. The fraction of sp³-hybridized carbons (Fsp3) is 0.200. The van der Waals surface area contributed by atoms with Crippen molar-refractivity contribution in [3.63, 3.8) is 0 Å². The zero-order chi connectivity index (χ0) is 10.6. The van der Waals surface area contributed by atoms with Crippen LogP contribution in [0.4, 0.5) is 0 Å². The summed E-state index contributed by atoms with van der Waals surface area (Å²) in [5.41, 5.74) is 0.541. The van der Waals surface area contributed by atoms with Crippen molar-refractivity contribution < 1.29 is 13.6 Å². The molecule has 0 saturated carbocycles. The quantitative estimate of drug-likeness (QED) is 0.717. The first-order valence-corrected chi connectivity index (χ1v) is 5.54. The maximum atomic E-state index is 11.8. The lowest BCUT2D eigenvalue weighted by Gasteiger charge is -2.15. The Morgan fingerprint density at radius 3 is 2.14 bits per heavy atom. The summed E-state index contributed by atoms with van der Waals surface area (Å²) in [7, 11) is -0.879. The average molecular weight is 210 g/mol. The molecule has 0 atom stereocenters. The highest BCUT2D eigenvalue weighted by atomic mass is 31.2. The molecule has 0 aliphatic heterocycles. The van der Waals surface area contributed by atoms with Crippen LogP contribution >= 0.6 is 7.60 Å². The van der Waals surface area contributed by atoms with E-state index in [4.69, 9.17) is 15.6 Å². The van der Waals surface area contributed by atoms with Crippen molar-refractivity contribution in [2.24, 2.45) is 0 Å². The second kappa shape index (κ2) is 4.56. The van der Waals surface area contributed by atoms with Gasteiger partial charge in [0.15, 0.2) is 0 Å². The molecule has 2 radical (unpaired) electrons. The maximum Gasteiger partial charge on any atom is 0.362 e. The van der Waals surface area contributed by atoms with E-state index in [1.165, 1.54) is 14.2 Å². The highest BCUT2D eigenvalue weighted by Crippen LogP contribution is 2.58. The average Bonchev–Trinajstić information content (AvgIpc) is 2.28. The number of rotatable bonds is 4. The third-order valence-corrected chi connectivity index (χ3v) is 3.57. The third-order valence-electron chi connectivity index (χ3n) is 1.80. The van der Waals surface area contributed by atoms with Crippen molar-refractivity contribution in [2.75, 3.05) is 14.2 Å². The molecular weight excluding hydrogens is 199 g/mol. The van der Waals surface area contributed by atoms with Gasteiger partial charge in [0.2, 0.25) is 0 Å². The second-order valence-electron chi connectivity index (χ2n) is 2.58. The highest BCUT2D eigenvalue weighted by molar-refractivity contribution is 7.65. The van der Waals surface area contributed by atoms with E-state index in [-0.39, 0.29) is 5.31 Å². The van der Waals surface area contributed by atoms with Gasteiger partial charge in [0.25, 0.3) is 0 Å². The Morgan fingerprint density at radius 2 is 1.71 bits per heavy atom. The van der Waals surface area contributed by atoms with Crippen LogP contribution in [0.2, 0.25) is 0 Å². The molecule has 0 aliphatic carbocycles. The molecule has 3 nitrogen and oxygen atoms in total. The Hall–Kier alpha value is -0.890. The van der Waals surface area contributed by atoms with Gasteiger partial charge in [0.05, 0.1) is 5.31 Å². The van der Waals surface area contributed by atoms with E-state index in [2.05, 4.69) is 0 Å². The smallest absolute Gasteiger partial charge is 0.309 e. The van der Waals surface area contributed by atoms with Crippen LogP contribution in [0.15, 0.2) is 30.3 Å². The van der Waals surface area contributed by atoms with Crippen molar-refractivity contribution in [3.8, 4) is 0 Å². The fourth-order valence-electron chi connectivity index (χ4n) is 1.01. The molecule has 0 N–H and O–H groups in total. The molecule has 0 aromatic heterocycles. The highest BCUT2D eigenvalue weighted by Gasteiger charge is 2.27. The standard InChI is InChI=1S/C10H11O3P/c1-9(14(11,12-2)13-3)10-7-5-4-6-8-10/h4-8H,2-3H3. The zero-order valence-electron chi connectivity index (χ0n) is 8.06. The van der Waals surface area contributed by atoms with Gasteiger partial charge < -0.3 is 9.05 Å². The van der Waals surface area contributed by atoms with Crippen LogP contribution in [0.3, 0.4) is 0 Å². The van der Waals surface area contributed by atoms with Gasteiger partial charge in [0.1, 0.15) is 0 Å². The first kappa shape index (κ1) is 11.2. The molecule has 0 spiro atoms. The topological polar surface area (TPSA) is 35.5 Å². The van der Waals surface area contributed by atoms with E-state index in [9.17, 15) is 4.57 Å². The SMILES string of the molecule is [C]=C(c1ccccc1)P(=O)(OC)OC. The molecule has 0 saturated heterocycles. The third kappa shape index (κ3) is 2.13. The molecule has 74 valence electrons. The van der Waals surface area contributed by atoms with Gasteiger partial charge in [0, 0.05) is 20.8 Å². The Balaban J connectivity index is 3.02. The van der Waals surface area contributed by atoms with Crippen LogP contribution in [-0.4, -0.2) is 14.2 Å². The van der Waals surface area contributed by atoms with E-state index < -0.39 is 7.60 Å². The minimum atomic E-state index is -3.41. The Bertz CT molecular complexity index is 351. The summed E-state index contributed by atoms with van der Waals surface area (Å²) in [4.78, 5) is 0. The van der Waals surface area contributed by atoms with Crippen LogP contribution in [0, 0.1) is 6.58 Å². The van der Waals surface area contributed by atoms with Crippen molar-refractivity contribution in [3.05, 3.63) is 42.5 Å². The number of hydrogen-bond donors (Lipinski definition) is 0. The molecule has 0 aliphatic rings. The van der Waals surface area contributed by atoms with Gasteiger partial charge in [-0.2, -0.15) is 0 Å². The molecule has 1 rings (SSSR count). The monoisotopic (exact) mass is 210 g/mol. The molecule has 14 heavy (non-hydrogen) atoms. The number of hydrogen-bond acceptors (Lipinski definition) is 3. The Kier molecular flexibility index (Phi) is 3.64. The van der Waals surface area contributed by atoms with Crippen LogP contribution in [0.5, 0.6) is 0 Å². The van der Waals surface area contributed by atoms with Crippen LogP contribution in [-0.2, 0) is 13.6 Å². The lowest BCUT2D eigenvalue weighted by Crippen LogP contribution is -1.91. The number of benzene rings is 1. The Labute approximate surface area is 83.9 Å². The summed E-state index contributed by atoms with van der Waals surface area (Å²) in [6.45, 7) is 7.67. The molecule has 1 aromatic rings. The first-order valence-electron chi connectivity index (χ1n) is 4.00. The normalized spacial score (nSPS) is 11.3. The Morgan fingerprint density at radius 1 is 1.21 bits per heavy atom. The molecular formula is C10H11O3P. The summed E-state index contributed by atoms with van der Waals surface area (Å²) < 4.78 is 21.2. The summed E-state index contributed by atoms with van der Waals surface area (Å²) in [5.74, 6) is 0. The van der Waals surface area contributed by atoms with Gasteiger partial charge in [-0.15, -0.1) is 0 Å². The molecule has 4 heteroatoms. The predicted molar refractivity (Wildman–Crippen MR) is 54.7 cm³/mol. The maximum absolute atomic E-state index is 11.8. The van der Waals surface area contributed by atoms with E-state index in [1.54, 1.807) is 24.3 Å². The van der Waals surface area contributed by atoms with Gasteiger partial charge >= 0.3 is 7.60 Å². The molecule has 0 heterocycles. The summed E-state index contributed by atoms with van der Waals surface area (Å²) in [6.07, 6.45) is 0. The molecule has 0 fully saturated rings. The fourth-order valence-corrected chi connectivity index (χ4v) is 1.99. The summed E-state index contributed by atoms with van der Waals surface area (Å²) in [6, 6.07) is 8.72. The minimum Gasteiger partial charge on any atom is -0.309 e. The van der Waals surface area contributed by atoms with Crippen LogP contribution < -0.4 is 0 Å². The molecule has 0 unspecified atom stereocenters. The van der Waals surface area contributed by atoms with Crippen molar-refractivity contribution in [2.45, 2.75) is 0 Å². The van der Waals surface area contributed by atoms with Crippen LogP contribution in [0.1, 0.15) is 5.56 Å².